The van der Waals surface area contributed by atoms with Gasteiger partial charge in [-0.3, -0.25) is 25.2 Å². The van der Waals surface area contributed by atoms with Gasteiger partial charge in [0.1, 0.15) is 5.76 Å². The van der Waals surface area contributed by atoms with Crippen LogP contribution in [0.5, 0.6) is 0 Å². The zero-order valence-corrected chi connectivity index (χ0v) is 17.4. The monoisotopic (exact) mass is 450 g/mol. The molecule has 32 heavy (non-hydrogen) atoms. The van der Waals surface area contributed by atoms with Crippen molar-refractivity contribution in [2.75, 3.05) is 0 Å². The number of hydrazine groups is 1. The van der Waals surface area contributed by atoms with Crippen LogP contribution in [0, 0.1) is 0 Å². The Bertz CT molecular complexity index is 1110. The fourth-order valence-corrected chi connectivity index (χ4v) is 3.07. The molecular weight excluding hydrogens is 432 g/mol. The highest BCUT2D eigenvalue weighted by molar-refractivity contribution is 6.41. The van der Waals surface area contributed by atoms with Gasteiger partial charge in [0, 0.05) is 16.7 Å². The molecule has 0 bridgehead atoms. The van der Waals surface area contributed by atoms with Crippen LogP contribution in [0.1, 0.15) is 16.7 Å². The minimum absolute atomic E-state index is 0.268. The van der Waals surface area contributed by atoms with Gasteiger partial charge in [0.15, 0.2) is 5.60 Å². The van der Waals surface area contributed by atoms with E-state index in [1.54, 1.807) is 60.7 Å². The maximum absolute atomic E-state index is 12.9. The summed E-state index contributed by atoms with van der Waals surface area (Å²) >= 11 is 5.78. The summed E-state index contributed by atoms with van der Waals surface area (Å²) in [6, 6.07) is 22.3. The topological polar surface area (TPSA) is 116 Å². The number of hydrogen-bond donors (Lipinski definition) is 4. The molecule has 0 aliphatic carbocycles. The lowest BCUT2D eigenvalue weighted by molar-refractivity contribution is -0.142. The lowest BCUT2D eigenvalue weighted by Crippen LogP contribution is -2.53. The molecule has 3 aromatic carbocycles. The molecule has 0 saturated heterocycles. The fraction of sp³-hybridized carbons (Fsp3) is 0.0417. The fourth-order valence-electron chi connectivity index (χ4n) is 2.95. The standard InChI is InChI=1S/C24H19ClN2O5/c25-19-13-11-16(12-14-19)20(28)15-21(29)22(30)26-27-23(31)24(32,17-7-3-1-4-8-17)18-9-5-2-6-10-18/h1-15,28,32H,(H,26,30)(H,27,31)/b20-15+. The van der Waals surface area contributed by atoms with Gasteiger partial charge in [0.25, 0.3) is 5.91 Å². The van der Waals surface area contributed by atoms with E-state index in [4.69, 9.17) is 11.6 Å². The third-order valence-corrected chi connectivity index (χ3v) is 4.88. The predicted molar refractivity (Wildman–Crippen MR) is 119 cm³/mol. The first-order valence-corrected chi connectivity index (χ1v) is 9.85. The van der Waals surface area contributed by atoms with Gasteiger partial charge in [0.05, 0.1) is 0 Å². The van der Waals surface area contributed by atoms with Gasteiger partial charge in [-0.2, -0.15) is 0 Å². The average molecular weight is 451 g/mol. The maximum Gasteiger partial charge on any atom is 0.310 e. The number of nitrogens with one attached hydrogen (secondary N) is 2. The molecule has 162 valence electrons. The van der Waals surface area contributed by atoms with E-state index in [0.29, 0.717) is 11.1 Å². The van der Waals surface area contributed by atoms with E-state index in [9.17, 15) is 24.6 Å². The molecule has 8 heteroatoms. The molecule has 0 unspecified atom stereocenters. The van der Waals surface area contributed by atoms with E-state index in [-0.39, 0.29) is 16.7 Å². The first-order chi connectivity index (χ1) is 15.3. The van der Waals surface area contributed by atoms with E-state index in [2.05, 4.69) is 5.43 Å². The predicted octanol–water partition coefficient (Wildman–Crippen LogP) is 2.89. The first kappa shape index (κ1) is 22.7. The molecule has 0 heterocycles. The lowest BCUT2D eigenvalue weighted by atomic mass is 9.85. The number of carbonyl (C=O) groups is 3. The van der Waals surface area contributed by atoms with Crippen molar-refractivity contribution < 1.29 is 24.6 Å². The SMILES string of the molecule is O=C(/C=C(/O)c1ccc(Cl)cc1)C(=O)NNC(=O)C(O)(c1ccccc1)c1ccccc1. The molecule has 7 nitrogen and oxygen atoms in total. The Morgan fingerprint density at radius 1 is 0.781 bits per heavy atom. The summed E-state index contributed by atoms with van der Waals surface area (Å²) in [5, 5.41) is 21.7. The Morgan fingerprint density at radius 2 is 1.28 bits per heavy atom. The van der Waals surface area contributed by atoms with E-state index in [1.165, 1.54) is 24.3 Å². The Kier molecular flexibility index (Phi) is 7.04. The highest BCUT2D eigenvalue weighted by Gasteiger charge is 2.40. The van der Waals surface area contributed by atoms with Crippen molar-refractivity contribution in [2.45, 2.75) is 5.60 Å². The zero-order valence-electron chi connectivity index (χ0n) is 16.7. The van der Waals surface area contributed by atoms with Crippen LogP contribution in [0.25, 0.3) is 5.76 Å². The Morgan fingerprint density at radius 3 is 1.78 bits per heavy atom. The molecule has 3 aromatic rings. The minimum atomic E-state index is -2.12. The molecule has 0 fully saturated rings. The third-order valence-electron chi connectivity index (χ3n) is 4.63. The third kappa shape index (κ3) is 5.03. The summed E-state index contributed by atoms with van der Waals surface area (Å²) in [6.07, 6.45) is 0.714. The molecule has 0 spiro atoms. The van der Waals surface area contributed by atoms with Gasteiger partial charge in [0.2, 0.25) is 5.78 Å². The number of aliphatic hydroxyl groups is 2. The molecule has 3 rings (SSSR count). The maximum atomic E-state index is 12.9. The first-order valence-electron chi connectivity index (χ1n) is 9.47. The van der Waals surface area contributed by atoms with Crippen molar-refractivity contribution in [3.05, 3.63) is 113 Å². The van der Waals surface area contributed by atoms with Crippen LogP contribution in [0.15, 0.2) is 91.0 Å². The Labute approximate surface area is 188 Å². The highest BCUT2D eigenvalue weighted by Crippen LogP contribution is 2.29. The number of hydrogen-bond acceptors (Lipinski definition) is 5. The lowest BCUT2D eigenvalue weighted by Gasteiger charge is -2.27. The molecule has 0 atom stereocenters. The van der Waals surface area contributed by atoms with Crippen LogP contribution < -0.4 is 10.9 Å². The molecule has 0 saturated carbocycles. The molecule has 4 N–H and O–H groups in total. The molecule has 0 aliphatic heterocycles. The summed E-state index contributed by atoms with van der Waals surface area (Å²) < 4.78 is 0. The van der Waals surface area contributed by atoms with Crippen molar-refractivity contribution in [3.8, 4) is 0 Å². The summed E-state index contributed by atoms with van der Waals surface area (Å²) in [6.45, 7) is 0. The van der Waals surface area contributed by atoms with Crippen LogP contribution in [0.3, 0.4) is 0 Å². The van der Waals surface area contributed by atoms with Crippen LogP contribution in [-0.2, 0) is 20.0 Å². The average Bonchev–Trinajstić information content (AvgIpc) is 2.83. The summed E-state index contributed by atoms with van der Waals surface area (Å²) in [7, 11) is 0. The van der Waals surface area contributed by atoms with Crippen LogP contribution in [-0.4, -0.2) is 27.8 Å². The molecule has 0 aliphatic rings. The van der Waals surface area contributed by atoms with Crippen LogP contribution in [0.4, 0.5) is 0 Å². The second kappa shape index (κ2) is 9.91. The number of aliphatic hydroxyl groups excluding tert-OH is 1. The normalized spacial score (nSPS) is 11.5. The van der Waals surface area contributed by atoms with Crippen LogP contribution >= 0.6 is 11.6 Å². The van der Waals surface area contributed by atoms with E-state index in [0.717, 1.165) is 0 Å². The summed E-state index contributed by atoms with van der Waals surface area (Å²) in [5.41, 5.74) is 2.74. The van der Waals surface area contributed by atoms with Crippen molar-refractivity contribution in [3.63, 3.8) is 0 Å². The molecule has 0 aromatic heterocycles. The summed E-state index contributed by atoms with van der Waals surface area (Å²) in [4.78, 5) is 37.1. The number of benzene rings is 3. The van der Waals surface area contributed by atoms with Crippen molar-refractivity contribution in [1.82, 2.24) is 10.9 Å². The van der Waals surface area contributed by atoms with Gasteiger partial charge >= 0.3 is 5.91 Å². The Balaban J connectivity index is 1.75. The van der Waals surface area contributed by atoms with E-state index >= 15 is 0 Å². The van der Waals surface area contributed by atoms with Gasteiger partial charge in [-0.25, -0.2) is 0 Å². The zero-order chi connectivity index (χ0) is 23.1. The Hall–Kier alpha value is -3.94. The number of halogens is 1. The largest absolute Gasteiger partial charge is 0.507 e. The van der Waals surface area contributed by atoms with Crippen molar-refractivity contribution in [1.29, 1.82) is 0 Å². The van der Waals surface area contributed by atoms with Crippen molar-refractivity contribution in [2.24, 2.45) is 0 Å². The number of amides is 2. The number of rotatable bonds is 6. The van der Waals surface area contributed by atoms with Crippen LogP contribution in [0.2, 0.25) is 5.02 Å². The minimum Gasteiger partial charge on any atom is -0.507 e. The molecule has 0 radical (unpaired) electrons. The molecule has 2 amide bonds. The van der Waals surface area contributed by atoms with Crippen molar-refractivity contribution >= 4 is 35.0 Å². The number of ketones is 1. The number of carbonyl (C=O) groups excluding carboxylic acids is 3. The van der Waals surface area contributed by atoms with Gasteiger partial charge < -0.3 is 10.2 Å². The smallest absolute Gasteiger partial charge is 0.310 e. The van der Waals surface area contributed by atoms with E-state index < -0.39 is 29.0 Å². The quantitative estimate of drug-likeness (QED) is 0.199. The van der Waals surface area contributed by atoms with Gasteiger partial charge in [-0.1, -0.05) is 72.3 Å². The summed E-state index contributed by atoms with van der Waals surface area (Å²) in [5.74, 6) is -3.73. The van der Waals surface area contributed by atoms with E-state index in [1.807, 2.05) is 5.43 Å². The highest BCUT2D eigenvalue weighted by atomic mass is 35.5. The molecular formula is C24H19ClN2O5. The van der Waals surface area contributed by atoms with Gasteiger partial charge in [-0.05, 0) is 35.4 Å². The second-order valence-electron chi connectivity index (χ2n) is 6.75. The van der Waals surface area contributed by atoms with Gasteiger partial charge in [-0.15, -0.1) is 0 Å². The second-order valence-corrected chi connectivity index (χ2v) is 7.19.